The van der Waals surface area contributed by atoms with Crippen LogP contribution < -0.4 is 5.43 Å². The zero-order valence-corrected chi connectivity index (χ0v) is 10.4. The fourth-order valence-electron chi connectivity index (χ4n) is 1.25. The maximum absolute atomic E-state index is 11.3. The van der Waals surface area contributed by atoms with E-state index in [0.29, 0.717) is 10.1 Å². The molecule has 3 nitrogen and oxygen atoms in total. The Bertz CT molecular complexity index is 347. The number of hydrogen-bond acceptors (Lipinski definition) is 5. The minimum Gasteiger partial charge on any atom is -0.272 e. The average molecular weight is 258 g/mol. The van der Waals surface area contributed by atoms with Gasteiger partial charge in [-0.05, 0) is 17.9 Å². The standard InChI is InChI=1S/C9H10N2OS3/c12-8-6-15-9(13)11(8)10-4-3-7-2-1-5-14-7/h1-2,5,10H,3-4,6H2. The Kier molecular flexibility index (Phi) is 3.74. The van der Waals surface area contributed by atoms with Crippen LogP contribution in [0.5, 0.6) is 0 Å². The predicted molar refractivity (Wildman–Crippen MR) is 67.9 cm³/mol. The van der Waals surface area contributed by atoms with Crippen LogP contribution in [0.15, 0.2) is 17.5 Å². The Morgan fingerprint density at radius 1 is 1.60 bits per heavy atom. The number of thiophene rings is 1. The normalized spacial score (nSPS) is 16.4. The highest BCUT2D eigenvalue weighted by molar-refractivity contribution is 8.23. The molecule has 15 heavy (non-hydrogen) atoms. The summed E-state index contributed by atoms with van der Waals surface area (Å²) in [5, 5.41) is 3.53. The molecule has 1 N–H and O–H groups in total. The molecule has 1 aliphatic rings. The summed E-state index contributed by atoms with van der Waals surface area (Å²) in [6.07, 6.45) is 0.925. The Hall–Kier alpha value is -0.430. The lowest BCUT2D eigenvalue weighted by molar-refractivity contribution is -0.126. The molecule has 0 saturated carbocycles. The maximum atomic E-state index is 11.3. The van der Waals surface area contributed by atoms with Gasteiger partial charge in [-0.15, -0.1) is 11.3 Å². The lowest BCUT2D eigenvalue weighted by atomic mass is 10.3. The molecule has 0 radical (unpaired) electrons. The molecule has 1 aromatic rings. The van der Waals surface area contributed by atoms with Gasteiger partial charge in [-0.2, -0.15) is 0 Å². The Morgan fingerprint density at radius 2 is 2.47 bits per heavy atom. The predicted octanol–water partition coefficient (Wildman–Crippen LogP) is 1.66. The molecule has 0 spiro atoms. The molecule has 2 heterocycles. The Balaban J connectivity index is 1.78. The van der Waals surface area contributed by atoms with E-state index in [1.807, 2.05) is 6.07 Å². The monoisotopic (exact) mass is 258 g/mol. The van der Waals surface area contributed by atoms with Gasteiger partial charge in [-0.3, -0.25) is 4.79 Å². The molecule has 0 atom stereocenters. The number of amides is 1. The highest BCUT2D eigenvalue weighted by Crippen LogP contribution is 2.17. The van der Waals surface area contributed by atoms with Crippen molar-refractivity contribution in [3.63, 3.8) is 0 Å². The number of carbonyl (C=O) groups is 1. The van der Waals surface area contributed by atoms with Gasteiger partial charge in [0.15, 0.2) is 4.32 Å². The number of nitrogens with one attached hydrogen (secondary N) is 1. The summed E-state index contributed by atoms with van der Waals surface area (Å²) >= 11 is 8.17. The van der Waals surface area contributed by atoms with Gasteiger partial charge < -0.3 is 0 Å². The van der Waals surface area contributed by atoms with Crippen LogP contribution in [0.2, 0.25) is 0 Å². The number of hydrogen-bond donors (Lipinski definition) is 1. The second-order valence-corrected chi connectivity index (χ2v) is 5.66. The molecule has 0 bridgehead atoms. The summed E-state index contributed by atoms with van der Waals surface area (Å²) in [5.74, 6) is 0.515. The first-order valence-electron chi connectivity index (χ1n) is 4.53. The van der Waals surface area contributed by atoms with E-state index in [9.17, 15) is 4.79 Å². The number of carbonyl (C=O) groups excluding carboxylic acids is 1. The summed E-state index contributed by atoms with van der Waals surface area (Å²) < 4.78 is 0.631. The van der Waals surface area contributed by atoms with Crippen LogP contribution in [0.25, 0.3) is 0 Å². The van der Waals surface area contributed by atoms with Crippen molar-refractivity contribution >= 4 is 45.5 Å². The molecule has 1 amide bonds. The molecule has 0 unspecified atom stereocenters. The molecule has 6 heteroatoms. The largest absolute Gasteiger partial charge is 0.272 e. The van der Waals surface area contributed by atoms with Gasteiger partial charge >= 0.3 is 0 Å². The summed E-state index contributed by atoms with van der Waals surface area (Å²) in [4.78, 5) is 12.6. The van der Waals surface area contributed by atoms with Crippen molar-refractivity contribution in [2.45, 2.75) is 6.42 Å². The van der Waals surface area contributed by atoms with Crippen molar-refractivity contribution in [3.8, 4) is 0 Å². The van der Waals surface area contributed by atoms with Gasteiger partial charge in [0.1, 0.15) is 0 Å². The smallest absolute Gasteiger partial charge is 0.253 e. The summed E-state index contributed by atoms with van der Waals surface area (Å²) in [5.41, 5.74) is 3.05. The van der Waals surface area contributed by atoms with E-state index in [-0.39, 0.29) is 5.91 Å². The first-order valence-corrected chi connectivity index (χ1v) is 6.80. The molecule has 0 aliphatic carbocycles. The van der Waals surface area contributed by atoms with E-state index in [1.165, 1.54) is 21.6 Å². The quantitative estimate of drug-likeness (QED) is 0.833. The maximum Gasteiger partial charge on any atom is 0.253 e. The Labute approximate surface area is 102 Å². The minimum atomic E-state index is 0.0520. The topological polar surface area (TPSA) is 32.3 Å². The van der Waals surface area contributed by atoms with Crippen LogP contribution in [0.4, 0.5) is 0 Å². The first-order chi connectivity index (χ1) is 7.27. The van der Waals surface area contributed by atoms with E-state index in [4.69, 9.17) is 12.2 Å². The highest BCUT2D eigenvalue weighted by atomic mass is 32.2. The summed E-state index contributed by atoms with van der Waals surface area (Å²) in [7, 11) is 0. The molecule has 2 rings (SSSR count). The van der Waals surface area contributed by atoms with Gasteiger partial charge in [0.25, 0.3) is 5.91 Å². The van der Waals surface area contributed by atoms with Crippen molar-refractivity contribution in [2.75, 3.05) is 12.3 Å². The zero-order chi connectivity index (χ0) is 10.7. The molecule has 80 valence electrons. The second-order valence-electron chi connectivity index (χ2n) is 3.02. The van der Waals surface area contributed by atoms with Crippen molar-refractivity contribution in [1.29, 1.82) is 0 Å². The third-order valence-electron chi connectivity index (χ3n) is 1.97. The number of hydrazine groups is 1. The molecule has 1 saturated heterocycles. The van der Waals surface area contributed by atoms with Gasteiger partial charge in [0, 0.05) is 11.4 Å². The molecule has 0 aromatic carbocycles. The lowest BCUT2D eigenvalue weighted by Crippen LogP contribution is -2.42. The molecule has 1 aliphatic heterocycles. The van der Waals surface area contributed by atoms with Crippen molar-refractivity contribution in [3.05, 3.63) is 22.4 Å². The lowest BCUT2D eigenvalue weighted by Gasteiger charge is -2.15. The van der Waals surface area contributed by atoms with E-state index in [1.54, 1.807) is 11.3 Å². The van der Waals surface area contributed by atoms with E-state index in [0.717, 1.165) is 13.0 Å². The van der Waals surface area contributed by atoms with Crippen LogP contribution in [-0.4, -0.2) is 27.5 Å². The van der Waals surface area contributed by atoms with Crippen LogP contribution in [0, 0.1) is 0 Å². The van der Waals surface area contributed by atoms with E-state index >= 15 is 0 Å². The van der Waals surface area contributed by atoms with Crippen LogP contribution in [-0.2, 0) is 11.2 Å². The summed E-state index contributed by atoms with van der Waals surface area (Å²) in [6, 6.07) is 4.12. The van der Waals surface area contributed by atoms with Gasteiger partial charge in [-0.1, -0.05) is 30.0 Å². The van der Waals surface area contributed by atoms with Crippen molar-refractivity contribution in [1.82, 2.24) is 10.4 Å². The van der Waals surface area contributed by atoms with Gasteiger partial charge in [0.2, 0.25) is 0 Å². The Morgan fingerprint density at radius 3 is 3.07 bits per heavy atom. The molecular formula is C9H10N2OS3. The number of thiocarbonyl (C=S) groups is 1. The zero-order valence-electron chi connectivity index (χ0n) is 7.93. The number of rotatable bonds is 4. The highest BCUT2D eigenvalue weighted by Gasteiger charge is 2.25. The van der Waals surface area contributed by atoms with Crippen molar-refractivity contribution < 1.29 is 4.79 Å². The van der Waals surface area contributed by atoms with Crippen molar-refractivity contribution in [2.24, 2.45) is 0 Å². The van der Waals surface area contributed by atoms with Crippen LogP contribution in [0.3, 0.4) is 0 Å². The number of thioether (sulfide) groups is 1. The fraction of sp³-hybridized carbons (Fsp3) is 0.333. The third-order valence-corrected chi connectivity index (χ3v) is 4.27. The van der Waals surface area contributed by atoms with Gasteiger partial charge in [0.05, 0.1) is 5.75 Å². The minimum absolute atomic E-state index is 0.0520. The van der Waals surface area contributed by atoms with Crippen LogP contribution in [0.1, 0.15) is 4.88 Å². The SMILES string of the molecule is O=C1CSC(=S)N1NCCc1cccs1. The first kappa shape index (κ1) is 11.1. The van der Waals surface area contributed by atoms with Crippen LogP contribution >= 0.6 is 35.3 Å². The fourth-order valence-corrected chi connectivity index (χ4v) is 2.98. The van der Waals surface area contributed by atoms with E-state index < -0.39 is 0 Å². The summed E-state index contributed by atoms with van der Waals surface area (Å²) in [6.45, 7) is 0.743. The second kappa shape index (κ2) is 5.07. The number of nitrogens with zero attached hydrogens (tertiary/aromatic N) is 1. The van der Waals surface area contributed by atoms with Gasteiger partial charge in [-0.25, -0.2) is 10.4 Å². The molecular weight excluding hydrogens is 248 g/mol. The third kappa shape index (κ3) is 2.78. The molecule has 1 aromatic heterocycles. The van der Waals surface area contributed by atoms with E-state index in [2.05, 4.69) is 16.9 Å². The average Bonchev–Trinajstić information content (AvgIpc) is 2.82. The molecule has 1 fully saturated rings.